The monoisotopic (exact) mass is 358 g/mol. The molecule has 0 amide bonds. The van der Waals surface area contributed by atoms with Crippen molar-refractivity contribution in [3.05, 3.63) is 66.2 Å². The Morgan fingerprint density at radius 3 is 2.52 bits per heavy atom. The van der Waals surface area contributed by atoms with Gasteiger partial charge in [0.05, 0.1) is 18.0 Å². The van der Waals surface area contributed by atoms with Gasteiger partial charge in [0, 0.05) is 43.8 Å². The predicted molar refractivity (Wildman–Crippen MR) is 115 cm³/mol. The van der Waals surface area contributed by atoms with Gasteiger partial charge in [0.15, 0.2) is 0 Å². The van der Waals surface area contributed by atoms with Crippen molar-refractivity contribution in [3.63, 3.8) is 0 Å². The molecule has 0 radical (unpaired) electrons. The molecule has 1 saturated heterocycles. The molecule has 0 aliphatic carbocycles. The summed E-state index contributed by atoms with van der Waals surface area (Å²) in [6, 6.07) is 22.1. The Hall–Kier alpha value is -2.72. The van der Waals surface area contributed by atoms with Gasteiger partial charge in [-0.25, -0.2) is 0 Å². The second-order valence-corrected chi connectivity index (χ2v) is 7.49. The Bertz CT molecular complexity index is 939. The summed E-state index contributed by atoms with van der Waals surface area (Å²) >= 11 is 0. The average Bonchev–Trinajstić information content (AvgIpc) is 3.20. The highest BCUT2D eigenvalue weighted by Crippen LogP contribution is 2.28. The Balaban J connectivity index is 1.20. The molecule has 0 bridgehead atoms. The zero-order valence-corrected chi connectivity index (χ0v) is 15.6. The van der Waals surface area contributed by atoms with Gasteiger partial charge in [-0.15, -0.1) is 0 Å². The van der Waals surface area contributed by atoms with Gasteiger partial charge in [-0.05, 0) is 35.6 Å². The Kier molecular flexibility index (Phi) is 4.34. The normalized spacial score (nSPS) is 16.8. The highest BCUT2D eigenvalue weighted by atomic mass is 15.3. The zero-order chi connectivity index (χ0) is 18.1. The van der Waals surface area contributed by atoms with E-state index in [0.29, 0.717) is 0 Å². The van der Waals surface area contributed by atoms with Crippen molar-refractivity contribution in [2.24, 2.45) is 0 Å². The van der Waals surface area contributed by atoms with E-state index in [1.807, 2.05) is 0 Å². The highest BCUT2D eigenvalue weighted by Gasteiger charge is 2.18. The van der Waals surface area contributed by atoms with Crippen LogP contribution in [-0.2, 0) is 6.42 Å². The number of nitrogens with one attached hydrogen (secondary N) is 2. The molecule has 5 rings (SSSR count). The molecule has 0 unspecified atom stereocenters. The summed E-state index contributed by atoms with van der Waals surface area (Å²) in [5.74, 6) is 0. The van der Waals surface area contributed by atoms with E-state index in [2.05, 4.69) is 81.1 Å². The van der Waals surface area contributed by atoms with Crippen LogP contribution in [0.15, 0.2) is 60.7 Å². The number of anilines is 3. The van der Waals surface area contributed by atoms with Crippen LogP contribution in [0.5, 0.6) is 0 Å². The minimum absolute atomic E-state index is 0.842. The van der Waals surface area contributed by atoms with E-state index < -0.39 is 0 Å². The second-order valence-electron chi connectivity index (χ2n) is 7.49. The maximum absolute atomic E-state index is 3.39. The van der Waals surface area contributed by atoms with Crippen LogP contribution in [0.1, 0.15) is 5.56 Å². The van der Waals surface area contributed by atoms with Gasteiger partial charge < -0.3 is 15.5 Å². The second kappa shape index (κ2) is 7.12. The van der Waals surface area contributed by atoms with Crippen molar-refractivity contribution in [2.75, 3.05) is 54.9 Å². The average molecular weight is 358 g/mol. The van der Waals surface area contributed by atoms with Crippen molar-refractivity contribution < 1.29 is 0 Å². The van der Waals surface area contributed by atoms with Crippen LogP contribution >= 0.6 is 0 Å². The maximum Gasteiger partial charge on any atom is 0.0850 e. The summed E-state index contributed by atoms with van der Waals surface area (Å²) in [6.07, 6.45) is 1.11. The highest BCUT2D eigenvalue weighted by molar-refractivity contribution is 5.94. The minimum Gasteiger partial charge on any atom is -0.368 e. The summed E-state index contributed by atoms with van der Waals surface area (Å²) in [5, 5.41) is 9.42. The number of fused-ring (bicyclic) bond motifs is 2. The van der Waals surface area contributed by atoms with Crippen LogP contribution < -0.4 is 15.5 Å². The third-order valence-corrected chi connectivity index (χ3v) is 5.84. The largest absolute Gasteiger partial charge is 0.368 e. The summed E-state index contributed by atoms with van der Waals surface area (Å²) in [4.78, 5) is 5.14. The van der Waals surface area contributed by atoms with Crippen LogP contribution in [0.4, 0.5) is 17.1 Å². The molecule has 2 N–H and O–H groups in total. The smallest absolute Gasteiger partial charge is 0.0850 e. The number of rotatable bonds is 4. The van der Waals surface area contributed by atoms with E-state index in [1.54, 1.807) is 0 Å². The first-order valence-corrected chi connectivity index (χ1v) is 9.92. The number of nitrogens with zero attached hydrogens (tertiary/aromatic N) is 2. The van der Waals surface area contributed by atoms with E-state index in [1.165, 1.54) is 33.4 Å². The molecule has 2 aliphatic rings. The molecule has 1 fully saturated rings. The lowest BCUT2D eigenvalue weighted by Gasteiger charge is -2.36. The van der Waals surface area contributed by atoms with Gasteiger partial charge >= 0.3 is 0 Å². The van der Waals surface area contributed by atoms with E-state index >= 15 is 0 Å². The molecule has 138 valence electrons. The first-order chi connectivity index (χ1) is 13.4. The summed E-state index contributed by atoms with van der Waals surface area (Å²) in [7, 11) is 0. The molecule has 2 heterocycles. The van der Waals surface area contributed by atoms with Crippen LogP contribution in [0.3, 0.4) is 0 Å². The minimum atomic E-state index is 0.842. The van der Waals surface area contributed by atoms with Gasteiger partial charge in [0.25, 0.3) is 0 Å². The van der Waals surface area contributed by atoms with Gasteiger partial charge in [0.2, 0.25) is 0 Å². The Labute approximate surface area is 160 Å². The van der Waals surface area contributed by atoms with Crippen LogP contribution in [0.25, 0.3) is 10.8 Å². The van der Waals surface area contributed by atoms with E-state index in [9.17, 15) is 0 Å². The lowest BCUT2D eigenvalue weighted by molar-refractivity contribution is 0.261. The molecule has 27 heavy (non-hydrogen) atoms. The van der Waals surface area contributed by atoms with Crippen molar-refractivity contribution in [3.8, 4) is 0 Å². The number of benzene rings is 3. The standard InChI is InChI=1S/C23H26N4/c1-2-6-20-19(4-1)5-3-7-23(20)27-14-12-26(13-15-27)11-10-18-8-9-21-22(16-18)25-17-24-21/h1-9,16,24-25H,10-15,17H2. The van der Waals surface area contributed by atoms with Crippen molar-refractivity contribution >= 4 is 27.8 Å². The molecular formula is C23H26N4. The van der Waals surface area contributed by atoms with E-state index in [0.717, 1.165) is 45.8 Å². The predicted octanol–water partition coefficient (Wildman–Crippen LogP) is 4.00. The van der Waals surface area contributed by atoms with Gasteiger partial charge in [0.1, 0.15) is 0 Å². The lowest BCUT2D eigenvalue weighted by Crippen LogP contribution is -2.47. The van der Waals surface area contributed by atoms with Gasteiger partial charge in [-0.1, -0.05) is 42.5 Å². The molecule has 4 heteroatoms. The third kappa shape index (κ3) is 3.33. The quantitative estimate of drug-likeness (QED) is 0.738. The molecule has 0 atom stereocenters. The fourth-order valence-electron chi connectivity index (χ4n) is 4.27. The Morgan fingerprint density at radius 2 is 1.59 bits per heavy atom. The zero-order valence-electron chi connectivity index (χ0n) is 15.6. The molecule has 2 aliphatic heterocycles. The molecular weight excluding hydrogens is 332 g/mol. The van der Waals surface area contributed by atoms with E-state index in [4.69, 9.17) is 0 Å². The summed E-state index contributed by atoms with van der Waals surface area (Å²) in [6.45, 7) is 6.44. The first-order valence-electron chi connectivity index (χ1n) is 9.92. The molecule has 3 aromatic carbocycles. The molecule has 0 aromatic heterocycles. The fourth-order valence-corrected chi connectivity index (χ4v) is 4.27. The van der Waals surface area contributed by atoms with Gasteiger partial charge in [-0.2, -0.15) is 0 Å². The van der Waals surface area contributed by atoms with Crippen LogP contribution in [0.2, 0.25) is 0 Å². The van der Waals surface area contributed by atoms with Crippen LogP contribution in [0, 0.1) is 0 Å². The maximum atomic E-state index is 3.39. The first kappa shape index (κ1) is 16.5. The topological polar surface area (TPSA) is 30.5 Å². The van der Waals surface area contributed by atoms with Crippen LogP contribution in [-0.4, -0.2) is 44.3 Å². The number of piperazine rings is 1. The molecule has 0 spiro atoms. The van der Waals surface area contributed by atoms with Crippen molar-refractivity contribution in [2.45, 2.75) is 6.42 Å². The lowest BCUT2D eigenvalue weighted by atomic mass is 10.1. The molecule has 4 nitrogen and oxygen atoms in total. The number of hydrogen-bond donors (Lipinski definition) is 2. The number of hydrogen-bond acceptors (Lipinski definition) is 4. The van der Waals surface area contributed by atoms with Crippen molar-refractivity contribution in [1.29, 1.82) is 0 Å². The summed E-state index contributed by atoms with van der Waals surface area (Å²) in [5.41, 5.74) is 5.27. The Morgan fingerprint density at radius 1 is 0.778 bits per heavy atom. The molecule has 3 aromatic rings. The SMILES string of the molecule is c1ccc2c(N3CCN(CCc4ccc5c(c4)NCN5)CC3)cccc2c1. The third-order valence-electron chi connectivity index (χ3n) is 5.84. The summed E-state index contributed by atoms with van der Waals surface area (Å²) < 4.78 is 0. The molecule has 0 saturated carbocycles. The van der Waals surface area contributed by atoms with Gasteiger partial charge in [-0.3, -0.25) is 4.90 Å². The fraction of sp³-hybridized carbons (Fsp3) is 0.304. The van der Waals surface area contributed by atoms with E-state index in [-0.39, 0.29) is 0 Å². The van der Waals surface area contributed by atoms with Crippen molar-refractivity contribution in [1.82, 2.24) is 4.90 Å².